The highest BCUT2D eigenvalue weighted by Gasteiger charge is 2.22. The van der Waals surface area contributed by atoms with E-state index in [4.69, 9.17) is 9.47 Å². The lowest BCUT2D eigenvalue weighted by Gasteiger charge is -2.20. The molecule has 0 aliphatic carbocycles. The predicted molar refractivity (Wildman–Crippen MR) is 72.5 cm³/mol. The molecule has 2 rings (SSSR count). The van der Waals surface area contributed by atoms with Gasteiger partial charge in [-0.2, -0.15) is 0 Å². The maximum absolute atomic E-state index is 12.1. The third-order valence-corrected chi connectivity index (χ3v) is 4.26. The quantitative estimate of drug-likeness (QED) is 0.608. The normalized spacial score (nSPS) is 15.5. The van der Waals surface area contributed by atoms with Gasteiger partial charge in [-0.05, 0) is 34.5 Å². The summed E-state index contributed by atoms with van der Waals surface area (Å²) in [6.45, 7) is 3.03. The average Bonchev–Trinajstić information content (AvgIpc) is 2.36. The van der Waals surface area contributed by atoms with E-state index in [0.717, 1.165) is 10.9 Å². The van der Waals surface area contributed by atoms with Gasteiger partial charge in [0.15, 0.2) is 17.3 Å². The molecule has 0 radical (unpaired) electrons. The number of hydrogen-bond donors (Lipinski definition) is 0. The van der Waals surface area contributed by atoms with Crippen LogP contribution in [0.15, 0.2) is 16.6 Å². The average molecular weight is 364 g/mol. The summed E-state index contributed by atoms with van der Waals surface area (Å²) in [5.41, 5.74) is 0.623. The lowest BCUT2D eigenvalue weighted by atomic mass is 10.1. The minimum absolute atomic E-state index is 0.0522. The van der Waals surface area contributed by atoms with Gasteiger partial charge in [-0.1, -0.05) is 22.9 Å². The standard InChI is InChI=1S/C12H12Br2O3/c1-2-8(13)12(15)7-5-10-11(6-9(7)14)17-4-3-16-10/h5-6,8H,2-4H2,1H3. The van der Waals surface area contributed by atoms with Crippen LogP contribution in [0.3, 0.4) is 0 Å². The van der Waals surface area contributed by atoms with E-state index in [1.165, 1.54) is 0 Å². The molecular formula is C12H12Br2O3. The van der Waals surface area contributed by atoms with Gasteiger partial charge in [0, 0.05) is 10.0 Å². The number of benzene rings is 1. The van der Waals surface area contributed by atoms with Crippen LogP contribution >= 0.6 is 31.9 Å². The van der Waals surface area contributed by atoms with Gasteiger partial charge in [-0.3, -0.25) is 4.79 Å². The van der Waals surface area contributed by atoms with Crippen LogP contribution in [-0.2, 0) is 0 Å². The van der Waals surface area contributed by atoms with E-state index in [2.05, 4.69) is 31.9 Å². The Morgan fingerprint density at radius 2 is 1.94 bits per heavy atom. The maximum Gasteiger partial charge on any atom is 0.177 e. The molecule has 0 saturated carbocycles. The third kappa shape index (κ3) is 2.65. The predicted octanol–water partition coefficient (Wildman–Crippen LogP) is 3.58. The minimum Gasteiger partial charge on any atom is -0.486 e. The number of halogens is 2. The molecule has 1 aliphatic rings. The van der Waals surface area contributed by atoms with E-state index in [-0.39, 0.29) is 10.6 Å². The van der Waals surface area contributed by atoms with E-state index < -0.39 is 0 Å². The lowest BCUT2D eigenvalue weighted by Crippen LogP contribution is -2.18. The minimum atomic E-state index is -0.165. The molecule has 1 heterocycles. The van der Waals surface area contributed by atoms with Gasteiger partial charge in [-0.25, -0.2) is 0 Å². The Morgan fingerprint density at radius 3 is 2.53 bits per heavy atom. The van der Waals surface area contributed by atoms with Crippen molar-refractivity contribution in [3.8, 4) is 11.5 Å². The summed E-state index contributed by atoms with van der Waals surface area (Å²) < 4.78 is 11.7. The number of ketones is 1. The number of carbonyl (C=O) groups excluding carboxylic acids is 1. The topological polar surface area (TPSA) is 35.5 Å². The highest BCUT2D eigenvalue weighted by Crippen LogP contribution is 2.36. The van der Waals surface area contributed by atoms with Crippen molar-refractivity contribution in [2.45, 2.75) is 18.2 Å². The molecule has 1 aliphatic heterocycles. The molecule has 0 amide bonds. The largest absolute Gasteiger partial charge is 0.486 e. The van der Waals surface area contributed by atoms with Gasteiger partial charge in [0.1, 0.15) is 13.2 Å². The summed E-state index contributed by atoms with van der Waals surface area (Å²) in [4.78, 5) is 11.9. The van der Waals surface area contributed by atoms with Crippen molar-refractivity contribution in [3.05, 3.63) is 22.2 Å². The number of hydrogen-bond acceptors (Lipinski definition) is 3. The van der Waals surface area contributed by atoms with Crippen molar-refractivity contribution in [1.29, 1.82) is 0 Å². The van der Waals surface area contributed by atoms with Crippen molar-refractivity contribution in [2.75, 3.05) is 13.2 Å². The summed E-state index contributed by atoms with van der Waals surface area (Å²) in [5, 5.41) is 0. The SMILES string of the molecule is CCC(Br)C(=O)c1cc2c(cc1Br)OCCO2. The van der Waals surface area contributed by atoms with E-state index in [9.17, 15) is 4.79 Å². The molecule has 17 heavy (non-hydrogen) atoms. The molecule has 1 atom stereocenters. The number of Topliss-reactive ketones (excluding diaryl/α,β-unsaturated/α-hetero) is 1. The molecule has 5 heteroatoms. The van der Waals surface area contributed by atoms with Gasteiger partial charge < -0.3 is 9.47 Å². The maximum atomic E-state index is 12.1. The number of fused-ring (bicyclic) bond motifs is 1. The first kappa shape index (κ1) is 12.9. The van der Waals surface area contributed by atoms with E-state index >= 15 is 0 Å². The van der Waals surface area contributed by atoms with Crippen LogP contribution in [0.2, 0.25) is 0 Å². The van der Waals surface area contributed by atoms with Crippen LogP contribution in [0.5, 0.6) is 11.5 Å². The fourth-order valence-electron chi connectivity index (χ4n) is 1.61. The van der Waals surface area contributed by atoms with Gasteiger partial charge in [0.25, 0.3) is 0 Å². The number of carbonyl (C=O) groups is 1. The van der Waals surface area contributed by atoms with Crippen LogP contribution in [0, 0.1) is 0 Å². The molecule has 0 saturated heterocycles. The fraction of sp³-hybridized carbons (Fsp3) is 0.417. The van der Waals surface area contributed by atoms with Crippen molar-refractivity contribution >= 4 is 37.6 Å². The second-order valence-corrected chi connectivity index (χ2v) is 5.68. The molecule has 1 aromatic carbocycles. The second kappa shape index (κ2) is 5.40. The van der Waals surface area contributed by atoms with Crippen molar-refractivity contribution in [2.24, 2.45) is 0 Å². The first-order chi connectivity index (χ1) is 8.13. The van der Waals surface area contributed by atoms with E-state index in [1.807, 2.05) is 6.92 Å². The number of alkyl halides is 1. The molecular weight excluding hydrogens is 352 g/mol. The van der Waals surface area contributed by atoms with E-state index in [0.29, 0.717) is 30.3 Å². The van der Waals surface area contributed by atoms with Gasteiger partial charge in [0.2, 0.25) is 0 Å². The number of ether oxygens (including phenoxy) is 2. The Morgan fingerprint density at radius 1 is 1.35 bits per heavy atom. The Bertz CT molecular complexity index is 446. The zero-order valence-corrected chi connectivity index (χ0v) is 12.5. The Labute approximate surface area is 117 Å². The van der Waals surface area contributed by atoms with Crippen molar-refractivity contribution in [3.63, 3.8) is 0 Å². The summed E-state index contributed by atoms with van der Waals surface area (Å²) in [5.74, 6) is 1.37. The smallest absolute Gasteiger partial charge is 0.177 e. The fourth-order valence-corrected chi connectivity index (χ4v) is 2.37. The third-order valence-electron chi connectivity index (χ3n) is 2.54. The van der Waals surface area contributed by atoms with Crippen molar-refractivity contribution in [1.82, 2.24) is 0 Å². The lowest BCUT2D eigenvalue weighted by molar-refractivity contribution is 0.0988. The molecule has 0 fully saturated rings. The van der Waals surface area contributed by atoms with Crippen molar-refractivity contribution < 1.29 is 14.3 Å². The summed E-state index contributed by atoms with van der Waals surface area (Å²) in [6, 6.07) is 3.53. The molecule has 3 nitrogen and oxygen atoms in total. The summed E-state index contributed by atoms with van der Waals surface area (Å²) >= 11 is 6.76. The summed E-state index contributed by atoms with van der Waals surface area (Å²) in [6.07, 6.45) is 0.750. The molecule has 0 bridgehead atoms. The Balaban J connectivity index is 2.38. The monoisotopic (exact) mass is 362 g/mol. The molecule has 92 valence electrons. The van der Waals surface area contributed by atoms with Gasteiger partial charge >= 0.3 is 0 Å². The van der Waals surface area contributed by atoms with Crippen LogP contribution in [0.1, 0.15) is 23.7 Å². The van der Waals surface area contributed by atoms with Gasteiger partial charge in [0.05, 0.1) is 4.83 Å². The van der Waals surface area contributed by atoms with E-state index in [1.54, 1.807) is 12.1 Å². The Kier molecular flexibility index (Phi) is 4.09. The zero-order chi connectivity index (χ0) is 12.4. The molecule has 0 spiro atoms. The number of rotatable bonds is 3. The van der Waals surface area contributed by atoms with Crippen LogP contribution < -0.4 is 9.47 Å². The van der Waals surface area contributed by atoms with Gasteiger partial charge in [-0.15, -0.1) is 0 Å². The first-order valence-electron chi connectivity index (χ1n) is 5.41. The van der Waals surface area contributed by atoms with Crippen LogP contribution in [-0.4, -0.2) is 23.8 Å². The molecule has 1 aromatic rings. The first-order valence-corrected chi connectivity index (χ1v) is 7.11. The van der Waals surface area contributed by atoms with Crippen LogP contribution in [0.25, 0.3) is 0 Å². The molecule has 0 aromatic heterocycles. The highest BCUT2D eigenvalue weighted by molar-refractivity contribution is 9.10. The van der Waals surface area contributed by atoms with Crippen LogP contribution in [0.4, 0.5) is 0 Å². The zero-order valence-electron chi connectivity index (χ0n) is 9.33. The highest BCUT2D eigenvalue weighted by atomic mass is 79.9. The second-order valence-electron chi connectivity index (χ2n) is 3.72. The summed E-state index contributed by atoms with van der Waals surface area (Å²) in [7, 11) is 0. The molecule has 1 unspecified atom stereocenters. The Hall–Kier alpha value is -0.550. The molecule has 0 N–H and O–H groups in total.